The van der Waals surface area contributed by atoms with Crippen LogP contribution in [0.1, 0.15) is 30.4 Å². The van der Waals surface area contributed by atoms with E-state index in [-0.39, 0.29) is 6.42 Å². The van der Waals surface area contributed by atoms with Crippen LogP contribution in [-0.4, -0.2) is 11.5 Å². The Morgan fingerprint density at radius 2 is 1.93 bits per heavy atom. The first-order chi connectivity index (χ1) is 7.14. The molecule has 0 heterocycles. The number of benzene rings is 1. The van der Waals surface area contributed by atoms with Crippen molar-refractivity contribution in [3.63, 3.8) is 0 Å². The average molecular weight is 212 g/mol. The van der Waals surface area contributed by atoms with Crippen molar-refractivity contribution >= 4 is 0 Å². The van der Waals surface area contributed by atoms with Crippen LogP contribution in [0.4, 0.5) is 8.78 Å². The second kappa shape index (κ2) is 3.89. The van der Waals surface area contributed by atoms with Crippen molar-refractivity contribution < 1.29 is 13.9 Å². The minimum atomic E-state index is -2.71. The van der Waals surface area contributed by atoms with Gasteiger partial charge in [-0.15, -0.1) is 0 Å². The molecule has 1 unspecified atom stereocenters. The molecule has 0 saturated carbocycles. The molecule has 1 N–H and O–H groups in total. The minimum absolute atomic E-state index is 0.154. The number of alkyl halides is 2. The van der Waals surface area contributed by atoms with Crippen molar-refractivity contribution in [3.8, 4) is 0 Å². The predicted octanol–water partition coefficient (Wildman–Crippen LogP) is 2.87. The van der Waals surface area contributed by atoms with Gasteiger partial charge < -0.3 is 5.11 Å². The Kier molecular flexibility index (Phi) is 2.74. The van der Waals surface area contributed by atoms with E-state index < -0.39 is 12.0 Å². The van der Waals surface area contributed by atoms with Crippen molar-refractivity contribution in [1.29, 1.82) is 0 Å². The number of aryl methyl sites for hydroxylation is 1. The van der Waals surface area contributed by atoms with Gasteiger partial charge in [0, 0.05) is 0 Å². The standard InChI is InChI=1S/C12H14F2O/c13-11(14)12(15)8-4-3-6-9-5-1-2-7-10(9)12/h1-2,5,7,11,15H,3-4,6,8H2. The topological polar surface area (TPSA) is 20.2 Å². The van der Waals surface area contributed by atoms with Gasteiger partial charge in [-0.1, -0.05) is 24.3 Å². The summed E-state index contributed by atoms with van der Waals surface area (Å²) >= 11 is 0. The van der Waals surface area contributed by atoms with Gasteiger partial charge in [0.05, 0.1) is 0 Å². The van der Waals surface area contributed by atoms with E-state index in [1.165, 1.54) is 0 Å². The van der Waals surface area contributed by atoms with Gasteiger partial charge in [-0.3, -0.25) is 0 Å². The van der Waals surface area contributed by atoms with E-state index in [0.29, 0.717) is 12.0 Å². The second-order valence-electron chi connectivity index (χ2n) is 4.09. The van der Waals surface area contributed by atoms with Gasteiger partial charge in [0.2, 0.25) is 0 Å². The molecule has 0 amide bonds. The first kappa shape index (κ1) is 10.6. The fraction of sp³-hybridized carbons (Fsp3) is 0.500. The zero-order valence-electron chi connectivity index (χ0n) is 8.42. The number of rotatable bonds is 1. The molecule has 1 nitrogen and oxygen atoms in total. The van der Waals surface area contributed by atoms with Crippen LogP contribution in [0.25, 0.3) is 0 Å². The smallest absolute Gasteiger partial charge is 0.270 e. The molecule has 1 aliphatic carbocycles. The van der Waals surface area contributed by atoms with Crippen molar-refractivity contribution in [3.05, 3.63) is 35.4 Å². The van der Waals surface area contributed by atoms with E-state index >= 15 is 0 Å². The van der Waals surface area contributed by atoms with Crippen LogP contribution in [0.15, 0.2) is 24.3 Å². The lowest BCUT2D eigenvalue weighted by molar-refractivity contribution is -0.107. The van der Waals surface area contributed by atoms with Gasteiger partial charge in [-0.05, 0) is 36.8 Å². The number of fused-ring (bicyclic) bond motifs is 1. The van der Waals surface area contributed by atoms with E-state index in [1.54, 1.807) is 12.1 Å². The third-order valence-corrected chi connectivity index (χ3v) is 3.10. The molecule has 0 saturated heterocycles. The number of halogens is 2. The molecule has 0 aliphatic heterocycles. The molecule has 3 heteroatoms. The summed E-state index contributed by atoms with van der Waals surface area (Å²) in [5.74, 6) is 0. The van der Waals surface area contributed by atoms with Crippen LogP contribution in [0.2, 0.25) is 0 Å². The molecular weight excluding hydrogens is 198 g/mol. The zero-order chi connectivity index (χ0) is 10.9. The summed E-state index contributed by atoms with van der Waals surface area (Å²) in [5, 5.41) is 10.0. The molecular formula is C12H14F2O. The summed E-state index contributed by atoms with van der Waals surface area (Å²) in [6.45, 7) is 0. The van der Waals surface area contributed by atoms with Crippen LogP contribution in [0, 0.1) is 0 Å². The summed E-state index contributed by atoms with van der Waals surface area (Å²) in [5.41, 5.74) is -0.664. The second-order valence-corrected chi connectivity index (χ2v) is 4.09. The molecule has 1 aromatic carbocycles. The molecule has 0 bridgehead atoms. The molecule has 1 aromatic rings. The van der Waals surface area contributed by atoms with Crippen molar-refractivity contribution in [1.82, 2.24) is 0 Å². The van der Waals surface area contributed by atoms with Gasteiger partial charge in [-0.25, -0.2) is 8.78 Å². The maximum absolute atomic E-state index is 12.9. The predicted molar refractivity (Wildman–Crippen MR) is 53.9 cm³/mol. The van der Waals surface area contributed by atoms with E-state index in [9.17, 15) is 13.9 Å². The lowest BCUT2D eigenvalue weighted by atomic mass is 9.88. The highest BCUT2D eigenvalue weighted by Gasteiger charge is 2.41. The normalized spacial score (nSPS) is 26.1. The Morgan fingerprint density at radius 1 is 1.20 bits per heavy atom. The van der Waals surface area contributed by atoms with E-state index in [1.807, 2.05) is 12.1 Å². The maximum Gasteiger partial charge on any atom is 0.270 e. The molecule has 82 valence electrons. The Labute approximate surface area is 87.7 Å². The van der Waals surface area contributed by atoms with Crippen LogP contribution >= 0.6 is 0 Å². The quantitative estimate of drug-likeness (QED) is 0.710. The Bertz CT molecular complexity index is 351. The zero-order valence-corrected chi connectivity index (χ0v) is 8.42. The molecule has 0 aromatic heterocycles. The fourth-order valence-electron chi connectivity index (χ4n) is 2.23. The first-order valence-corrected chi connectivity index (χ1v) is 5.23. The number of aliphatic hydroxyl groups is 1. The molecule has 0 fully saturated rings. The largest absolute Gasteiger partial charge is 0.379 e. The van der Waals surface area contributed by atoms with Gasteiger partial charge in [-0.2, -0.15) is 0 Å². The third kappa shape index (κ3) is 1.76. The van der Waals surface area contributed by atoms with Crippen molar-refractivity contribution in [2.45, 2.75) is 37.7 Å². The Hall–Kier alpha value is -0.960. The first-order valence-electron chi connectivity index (χ1n) is 5.23. The summed E-state index contributed by atoms with van der Waals surface area (Å²) < 4.78 is 25.8. The average Bonchev–Trinajstić information content (AvgIpc) is 2.40. The number of hydrogen-bond acceptors (Lipinski definition) is 1. The lowest BCUT2D eigenvalue weighted by Gasteiger charge is -2.27. The SMILES string of the molecule is OC1(C(F)F)CCCCc2ccccc21. The van der Waals surface area contributed by atoms with Crippen LogP contribution in [-0.2, 0) is 12.0 Å². The summed E-state index contributed by atoms with van der Waals surface area (Å²) in [7, 11) is 0. The highest BCUT2D eigenvalue weighted by atomic mass is 19.3. The van der Waals surface area contributed by atoms with E-state index in [2.05, 4.69) is 0 Å². The summed E-state index contributed by atoms with van der Waals surface area (Å²) in [6.07, 6.45) is -0.259. The molecule has 15 heavy (non-hydrogen) atoms. The van der Waals surface area contributed by atoms with Crippen molar-refractivity contribution in [2.24, 2.45) is 0 Å². The number of hydrogen-bond donors (Lipinski definition) is 1. The fourth-order valence-corrected chi connectivity index (χ4v) is 2.23. The molecule has 0 radical (unpaired) electrons. The van der Waals surface area contributed by atoms with Gasteiger partial charge >= 0.3 is 0 Å². The molecule has 0 spiro atoms. The van der Waals surface area contributed by atoms with Crippen LogP contribution in [0.3, 0.4) is 0 Å². The van der Waals surface area contributed by atoms with Crippen LogP contribution < -0.4 is 0 Å². The monoisotopic (exact) mass is 212 g/mol. The summed E-state index contributed by atoms with van der Waals surface area (Å²) in [6, 6.07) is 6.98. The molecule has 1 atom stereocenters. The van der Waals surface area contributed by atoms with Gasteiger partial charge in [0.15, 0.2) is 5.60 Å². The Balaban J connectivity index is 2.50. The molecule has 2 rings (SSSR count). The highest BCUT2D eigenvalue weighted by molar-refractivity contribution is 5.34. The van der Waals surface area contributed by atoms with Crippen molar-refractivity contribution in [2.75, 3.05) is 0 Å². The van der Waals surface area contributed by atoms with E-state index in [0.717, 1.165) is 18.4 Å². The Morgan fingerprint density at radius 3 is 2.67 bits per heavy atom. The lowest BCUT2D eigenvalue weighted by Crippen LogP contribution is -2.34. The van der Waals surface area contributed by atoms with Gasteiger partial charge in [0.1, 0.15) is 0 Å². The third-order valence-electron chi connectivity index (χ3n) is 3.10. The minimum Gasteiger partial charge on any atom is -0.379 e. The van der Waals surface area contributed by atoms with Gasteiger partial charge in [0.25, 0.3) is 6.43 Å². The van der Waals surface area contributed by atoms with Crippen LogP contribution in [0.5, 0.6) is 0 Å². The highest BCUT2D eigenvalue weighted by Crippen LogP contribution is 2.38. The molecule has 1 aliphatic rings. The van der Waals surface area contributed by atoms with E-state index in [4.69, 9.17) is 0 Å². The maximum atomic E-state index is 12.9. The summed E-state index contributed by atoms with van der Waals surface area (Å²) in [4.78, 5) is 0.